The highest BCUT2D eigenvalue weighted by Gasteiger charge is 2.24. The van der Waals surface area contributed by atoms with E-state index in [1.165, 1.54) is 31.4 Å². The Hall–Kier alpha value is -0.900. The Bertz CT molecular complexity index is 312. The quantitative estimate of drug-likeness (QED) is 0.815. The van der Waals surface area contributed by atoms with Crippen LogP contribution < -0.4 is 5.73 Å². The average molecular weight is 208 g/mol. The van der Waals surface area contributed by atoms with E-state index in [-0.39, 0.29) is 0 Å². The van der Waals surface area contributed by atoms with Crippen LogP contribution in [0.25, 0.3) is 0 Å². The molecule has 4 heteroatoms. The minimum Gasteiger partial charge on any atom is -0.330 e. The van der Waals surface area contributed by atoms with Crippen LogP contribution in [-0.4, -0.2) is 21.5 Å². The Labute approximate surface area is 90.8 Å². The summed E-state index contributed by atoms with van der Waals surface area (Å²) in [5.41, 5.74) is 8.09. The Kier molecular flexibility index (Phi) is 3.36. The predicted octanol–water partition coefficient (Wildman–Crippen LogP) is 1.46. The first-order chi connectivity index (χ1) is 7.36. The van der Waals surface area contributed by atoms with Gasteiger partial charge in [-0.2, -0.15) is 0 Å². The Morgan fingerprint density at radius 1 is 1.40 bits per heavy atom. The number of aryl methyl sites for hydroxylation is 1. The zero-order valence-electron chi connectivity index (χ0n) is 9.45. The topological polar surface area (TPSA) is 56.7 Å². The molecule has 0 radical (unpaired) electrons. The molecule has 0 bridgehead atoms. The monoisotopic (exact) mass is 208 g/mol. The van der Waals surface area contributed by atoms with Gasteiger partial charge in [-0.15, -0.1) is 5.10 Å². The van der Waals surface area contributed by atoms with E-state index in [4.69, 9.17) is 5.73 Å². The van der Waals surface area contributed by atoms with E-state index in [9.17, 15) is 0 Å². The normalized spacial score (nSPS) is 17.5. The summed E-state index contributed by atoms with van der Waals surface area (Å²) < 4.78 is 2.06. The summed E-state index contributed by atoms with van der Waals surface area (Å²) in [6, 6.07) is 0. The van der Waals surface area contributed by atoms with Crippen molar-refractivity contribution >= 4 is 0 Å². The Morgan fingerprint density at radius 2 is 2.13 bits per heavy atom. The van der Waals surface area contributed by atoms with Gasteiger partial charge in [0, 0.05) is 18.9 Å². The molecule has 0 atom stereocenters. The van der Waals surface area contributed by atoms with Gasteiger partial charge >= 0.3 is 0 Å². The predicted molar refractivity (Wildman–Crippen MR) is 59.7 cm³/mol. The standard InChI is InChI=1S/C11H20N4/c1-2-15-11(9-5-3-4-6-9)10(7-8-12)13-14-15/h9H,2-8,12H2,1H3. The smallest absolute Gasteiger partial charge is 0.0874 e. The summed E-state index contributed by atoms with van der Waals surface area (Å²) >= 11 is 0. The van der Waals surface area contributed by atoms with E-state index in [1.807, 2.05) is 0 Å². The minimum absolute atomic E-state index is 0.669. The second-order valence-corrected chi connectivity index (χ2v) is 4.26. The van der Waals surface area contributed by atoms with E-state index in [1.54, 1.807) is 0 Å². The molecule has 84 valence electrons. The van der Waals surface area contributed by atoms with Gasteiger partial charge in [-0.25, -0.2) is 4.68 Å². The van der Waals surface area contributed by atoms with Crippen LogP contribution in [0.2, 0.25) is 0 Å². The molecule has 2 N–H and O–H groups in total. The van der Waals surface area contributed by atoms with Crippen LogP contribution in [-0.2, 0) is 13.0 Å². The lowest BCUT2D eigenvalue weighted by Gasteiger charge is -2.12. The van der Waals surface area contributed by atoms with Crippen molar-refractivity contribution in [3.63, 3.8) is 0 Å². The molecule has 1 fully saturated rings. The molecular weight excluding hydrogens is 188 g/mol. The first-order valence-corrected chi connectivity index (χ1v) is 5.99. The third-order valence-electron chi connectivity index (χ3n) is 3.27. The molecule has 0 saturated heterocycles. The molecule has 4 nitrogen and oxygen atoms in total. The molecule has 0 spiro atoms. The van der Waals surface area contributed by atoms with E-state index in [2.05, 4.69) is 21.9 Å². The summed E-state index contributed by atoms with van der Waals surface area (Å²) in [5, 5.41) is 8.46. The fourth-order valence-corrected chi connectivity index (χ4v) is 2.55. The van der Waals surface area contributed by atoms with Crippen molar-refractivity contribution in [2.45, 2.75) is 51.5 Å². The zero-order chi connectivity index (χ0) is 10.7. The van der Waals surface area contributed by atoms with Crippen LogP contribution in [0, 0.1) is 0 Å². The number of nitrogens with two attached hydrogens (primary N) is 1. The van der Waals surface area contributed by atoms with Gasteiger partial charge in [-0.1, -0.05) is 18.1 Å². The second-order valence-electron chi connectivity index (χ2n) is 4.26. The van der Waals surface area contributed by atoms with E-state index in [0.717, 1.165) is 18.7 Å². The van der Waals surface area contributed by atoms with Crippen LogP contribution >= 0.6 is 0 Å². The first kappa shape index (κ1) is 10.6. The van der Waals surface area contributed by atoms with Gasteiger partial charge in [0.25, 0.3) is 0 Å². The average Bonchev–Trinajstić information content (AvgIpc) is 2.85. The van der Waals surface area contributed by atoms with Crippen molar-refractivity contribution in [3.05, 3.63) is 11.4 Å². The van der Waals surface area contributed by atoms with Crippen LogP contribution in [0.15, 0.2) is 0 Å². The molecule has 1 aliphatic rings. The van der Waals surface area contributed by atoms with Crippen molar-refractivity contribution in [1.29, 1.82) is 0 Å². The fraction of sp³-hybridized carbons (Fsp3) is 0.818. The fourth-order valence-electron chi connectivity index (χ4n) is 2.55. The SMILES string of the molecule is CCn1nnc(CCN)c1C1CCCC1. The van der Waals surface area contributed by atoms with Gasteiger partial charge in [0.15, 0.2) is 0 Å². The largest absolute Gasteiger partial charge is 0.330 e. The molecule has 1 aromatic rings. The molecule has 1 aromatic heterocycles. The molecule has 1 saturated carbocycles. The Morgan fingerprint density at radius 3 is 2.73 bits per heavy atom. The lowest BCUT2D eigenvalue weighted by molar-refractivity contribution is 0.555. The third kappa shape index (κ3) is 2.04. The lowest BCUT2D eigenvalue weighted by Crippen LogP contribution is -2.10. The summed E-state index contributed by atoms with van der Waals surface area (Å²) in [4.78, 5) is 0. The van der Waals surface area contributed by atoms with Crippen LogP contribution in [0.4, 0.5) is 0 Å². The van der Waals surface area contributed by atoms with Crippen LogP contribution in [0.5, 0.6) is 0 Å². The van der Waals surface area contributed by atoms with E-state index in [0.29, 0.717) is 12.5 Å². The van der Waals surface area contributed by atoms with Gasteiger partial charge in [-0.3, -0.25) is 0 Å². The minimum atomic E-state index is 0.669. The van der Waals surface area contributed by atoms with Gasteiger partial charge in [0.05, 0.1) is 11.4 Å². The summed E-state index contributed by atoms with van der Waals surface area (Å²) in [7, 11) is 0. The number of aromatic nitrogens is 3. The molecule has 0 aromatic carbocycles. The van der Waals surface area contributed by atoms with E-state index >= 15 is 0 Å². The third-order valence-corrected chi connectivity index (χ3v) is 3.27. The molecule has 1 heterocycles. The van der Waals surface area contributed by atoms with Gasteiger partial charge in [-0.05, 0) is 26.3 Å². The highest BCUT2D eigenvalue weighted by atomic mass is 15.4. The van der Waals surface area contributed by atoms with E-state index < -0.39 is 0 Å². The molecule has 15 heavy (non-hydrogen) atoms. The highest BCUT2D eigenvalue weighted by molar-refractivity contribution is 5.17. The first-order valence-electron chi connectivity index (χ1n) is 5.99. The number of hydrogen-bond acceptors (Lipinski definition) is 3. The number of rotatable bonds is 4. The molecule has 0 aliphatic heterocycles. The highest BCUT2D eigenvalue weighted by Crippen LogP contribution is 2.35. The number of hydrogen-bond donors (Lipinski definition) is 1. The van der Waals surface area contributed by atoms with Crippen molar-refractivity contribution in [2.24, 2.45) is 5.73 Å². The van der Waals surface area contributed by atoms with Crippen molar-refractivity contribution in [3.8, 4) is 0 Å². The maximum Gasteiger partial charge on any atom is 0.0874 e. The van der Waals surface area contributed by atoms with Crippen molar-refractivity contribution < 1.29 is 0 Å². The van der Waals surface area contributed by atoms with Crippen LogP contribution in [0.3, 0.4) is 0 Å². The maximum atomic E-state index is 5.60. The van der Waals surface area contributed by atoms with Gasteiger partial charge in [0.1, 0.15) is 0 Å². The number of nitrogens with zero attached hydrogens (tertiary/aromatic N) is 3. The van der Waals surface area contributed by atoms with Gasteiger partial charge < -0.3 is 5.73 Å². The molecular formula is C11H20N4. The summed E-state index contributed by atoms with van der Waals surface area (Å²) in [6.07, 6.45) is 6.16. The van der Waals surface area contributed by atoms with Crippen LogP contribution in [0.1, 0.15) is 49.9 Å². The maximum absolute atomic E-state index is 5.60. The zero-order valence-corrected chi connectivity index (χ0v) is 9.45. The molecule has 0 amide bonds. The summed E-state index contributed by atoms with van der Waals surface area (Å²) in [5.74, 6) is 0.682. The van der Waals surface area contributed by atoms with Gasteiger partial charge in [0.2, 0.25) is 0 Å². The van der Waals surface area contributed by atoms with Crippen molar-refractivity contribution in [2.75, 3.05) is 6.54 Å². The molecule has 0 unspecified atom stereocenters. The lowest BCUT2D eigenvalue weighted by atomic mass is 10.0. The molecule has 2 rings (SSSR count). The van der Waals surface area contributed by atoms with Crippen molar-refractivity contribution in [1.82, 2.24) is 15.0 Å². The Balaban J connectivity index is 2.27. The summed E-state index contributed by atoms with van der Waals surface area (Å²) in [6.45, 7) is 3.71. The molecule has 1 aliphatic carbocycles. The second kappa shape index (κ2) is 4.75.